The summed E-state index contributed by atoms with van der Waals surface area (Å²) in [6.45, 7) is 2.32. The van der Waals surface area contributed by atoms with Crippen molar-refractivity contribution in [1.29, 1.82) is 0 Å². The number of fused-ring (bicyclic) bond motifs is 1. The van der Waals surface area contributed by atoms with Crippen molar-refractivity contribution in [2.45, 2.75) is 59.3 Å². The smallest absolute Gasteiger partial charge is 0.252 e. The van der Waals surface area contributed by atoms with E-state index in [1.54, 1.807) is 77.1 Å². The third-order valence-corrected chi connectivity index (χ3v) is 18.7. The lowest BCUT2D eigenvalue weighted by Crippen LogP contribution is -2.42. The van der Waals surface area contributed by atoms with Crippen LogP contribution in [0.4, 0.5) is 5.69 Å². The minimum absolute atomic E-state index is 0.112. The second-order valence-corrected chi connectivity index (χ2v) is 23.2. The van der Waals surface area contributed by atoms with Crippen LogP contribution in [0.2, 0.25) is 10.0 Å². The Morgan fingerprint density at radius 3 is 1.58 bits per heavy atom. The predicted molar refractivity (Wildman–Crippen MR) is 260 cm³/mol. The second kappa shape index (κ2) is 21.2. The van der Waals surface area contributed by atoms with Gasteiger partial charge in [0.1, 0.15) is 13.9 Å². The second-order valence-electron chi connectivity index (χ2n) is 15.7. The van der Waals surface area contributed by atoms with Crippen LogP contribution >= 0.6 is 45.9 Å². The summed E-state index contributed by atoms with van der Waals surface area (Å²) in [5, 5.41) is 18.7. The van der Waals surface area contributed by atoms with Crippen molar-refractivity contribution in [3.8, 4) is 0 Å². The van der Waals surface area contributed by atoms with Crippen molar-refractivity contribution < 1.29 is 26.4 Å². The number of halogens is 2. The maximum absolute atomic E-state index is 13.2. The molecule has 14 nitrogen and oxygen atoms in total. The van der Waals surface area contributed by atoms with Crippen LogP contribution < -0.4 is 16.0 Å². The summed E-state index contributed by atoms with van der Waals surface area (Å²) >= 11 is 14.1. The number of anilines is 1. The molecule has 0 saturated carbocycles. The molecular weight excluding hydrogens is 960 g/mol. The number of carbonyl (C=O) groups is 2. The van der Waals surface area contributed by atoms with Crippen molar-refractivity contribution in [2.24, 2.45) is 0 Å². The number of aromatic nitrogens is 3. The molecule has 2 aliphatic rings. The van der Waals surface area contributed by atoms with Gasteiger partial charge >= 0.3 is 0 Å². The van der Waals surface area contributed by atoms with Gasteiger partial charge in [0.15, 0.2) is 0 Å². The van der Waals surface area contributed by atoms with Crippen LogP contribution in [0.15, 0.2) is 136 Å². The lowest BCUT2D eigenvalue weighted by molar-refractivity contribution is 0.0943. The average molecular weight is 1010 g/mol. The van der Waals surface area contributed by atoms with E-state index in [1.165, 1.54) is 27.0 Å². The van der Waals surface area contributed by atoms with E-state index in [-0.39, 0.29) is 41.2 Å². The summed E-state index contributed by atoms with van der Waals surface area (Å²) in [5.74, 6) is -0.468. The van der Waals surface area contributed by atoms with Crippen LogP contribution in [0.5, 0.6) is 0 Å². The molecule has 2 fully saturated rings. The molecule has 20 heteroatoms. The van der Waals surface area contributed by atoms with Gasteiger partial charge in [0.05, 0.1) is 24.6 Å². The molecule has 3 aromatic heterocycles. The number of para-hydroxylation sites is 2. The molecule has 9 rings (SSSR count). The highest BCUT2D eigenvalue weighted by atomic mass is 35.5. The summed E-state index contributed by atoms with van der Waals surface area (Å²) in [6.07, 6.45) is 2.84. The van der Waals surface area contributed by atoms with Gasteiger partial charge in [-0.15, -0.1) is 27.8 Å². The largest absolute Gasteiger partial charge is 0.382 e. The fourth-order valence-electron chi connectivity index (χ4n) is 7.67. The number of sulfonamides is 2. The standard InChI is InChI=1S/C23H22ClN5O3S2.C23H24ClN3O3S2/c24-17-7-5-16(6-8-17)23(30)25-15-19-9-10-22(33-19)34(31,32)28-13-11-18(12-14-28)29-21-4-2-1-3-20(21)26-27-29;24-18-8-6-17(7-9-18)23(28)25-16-21-10-11-22(31-21)32(29,30)27-14-12-20(13-15-27)26-19-4-2-1-3-5-19/h1-10,18H,11-15H2,(H,25,30);1-11,20,26H,12-16H2,(H,25,28). The molecular formula is C46H46Cl2N8O6S4. The fourth-order valence-corrected chi connectivity index (χ4v) is 13.8. The number of nitrogens with one attached hydrogen (secondary N) is 3. The number of benzene rings is 4. The van der Waals surface area contributed by atoms with Gasteiger partial charge < -0.3 is 16.0 Å². The van der Waals surface area contributed by atoms with Crippen LogP contribution in [0, 0.1) is 0 Å². The van der Waals surface area contributed by atoms with E-state index in [0.717, 1.165) is 39.3 Å². The van der Waals surface area contributed by atoms with Gasteiger partial charge in [0.25, 0.3) is 31.9 Å². The van der Waals surface area contributed by atoms with Crippen molar-refractivity contribution >= 4 is 94.5 Å². The summed E-state index contributed by atoms with van der Waals surface area (Å²) < 4.78 is 58.1. The molecule has 0 spiro atoms. The van der Waals surface area contributed by atoms with Gasteiger partial charge in [-0.2, -0.15) is 8.61 Å². The lowest BCUT2D eigenvalue weighted by Gasteiger charge is -2.31. The van der Waals surface area contributed by atoms with Crippen molar-refractivity contribution in [3.63, 3.8) is 0 Å². The Morgan fingerprint density at radius 2 is 1.06 bits per heavy atom. The van der Waals surface area contributed by atoms with Crippen LogP contribution in [0.3, 0.4) is 0 Å². The SMILES string of the molecule is O=C(NCc1ccc(S(=O)(=O)N2CCC(Nc3ccccc3)CC2)s1)c1ccc(Cl)cc1.O=C(NCc1ccc(S(=O)(=O)N2CCC(n3nnc4ccccc43)CC2)s1)c1ccc(Cl)cc1. The Balaban J connectivity index is 0.000000180. The molecule has 0 bridgehead atoms. The first kappa shape index (κ1) is 47.3. The first-order chi connectivity index (χ1) is 31.8. The van der Waals surface area contributed by atoms with Crippen LogP contribution in [0.1, 0.15) is 62.2 Å². The van der Waals surface area contributed by atoms with Gasteiger partial charge in [-0.25, -0.2) is 21.5 Å². The predicted octanol–water partition coefficient (Wildman–Crippen LogP) is 8.70. The highest BCUT2D eigenvalue weighted by molar-refractivity contribution is 7.91. The number of hydrogen-bond acceptors (Lipinski definition) is 11. The topological polar surface area (TPSA) is 176 Å². The third-order valence-electron chi connectivity index (χ3n) is 11.3. The van der Waals surface area contributed by atoms with E-state index in [0.29, 0.717) is 64.4 Å². The zero-order valence-corrected chi connectivity index (χ0v) is 40.2. The molecule has 0 unspecified atom stereocenters. The third kappa shape index (κ3) is 11.5. The molecule has 3 N–H and O–H groups in total. The zero-order chi connectivity index (χ0) is 46.3. The van der Waals surface area contributed by atoms with E-state index < -0.39 is 20.0 Å². The Labute approximate surface area is 401 Å². The Hall–Kier alpha value is -5.18. The number of thiophene rings is 2. The van der Waals surface area contributed by atoms with E-state index in [1.807, 2.05) is 59.3 Å². The average Bonchev–Trinajstić information content (AvgIpc) is 4.13. The van der Waals surface area contributed by atoms with Crippen molar-refractivity contribution in [3.05, 3.63) is 158 Å². The molecule has 66 heavy (non-hydrogen) atoms. The zero-order valence-electron chi connectivity index (χ0n) is 35.4. The first-order valence-electron chi connectivity index (χ1n) is 21.2. The van der Waals surface area contributed by atoms with Crippen molar-refractivity contribution in [2.75, 3.05) is 31.5 Å². The summed E-state index contributed by atoms with van der Waals surface area (Å²) in [4.78, 5) is 26.1. The molecule has 5 heterocycles. The van der Waals surface area contributed by atoms with E-state index in [9.17, 15) is 26.4 Å². The summed E-state index contributed by atoms with van der Waals surface area (Å²) in [5.41, 5.74) is 3.86. The van der Waals surface area contributed by atoms with Gasteiger partial charge in [-0.3, -0.25) is 9.59 Å². The minimum atomic E-state index is -3.59. The van der Waals surface area contributed by atoms with Crippen molar-refractivity contribution in [1.82, 2.24) is 34.2 Å². The number of carbonyl (C=O) groups excluding carboxylic acids is 2. The number of rotatable bonds is 13. The van der Waals surface area contributed by atoms with E-state index >= 15 is 0 Å². The van der Waals surface area contributed by atoms with Crippen LogP contribution in [0.25, 0.3) is 11.0 Å². The summed E-state index contributed by atoms with van der Waals surface area (Å²) in [6, 6.07) is 38.1. The van der Waals surface area contributed by atoms with Gasteiger partial charge in [0.2, 0.25) is 0 Å². The Bertz CT molecular complexity index is 2990. The number of amides is 2. The Kier molecular flexibility index (Phi) is 15.2. The Morgan fingerprint density at radius 1 is 0.591 bits per heavy atom. The van der Waals surface area contributed by atoms with Gasteiger partial charge in [0, 0.05) is 68.8 Å². The molecule has 2 aliphatic heterocycles. The fraction of sp³-hybridized carbons (Fsp3) is 0.261. The maximum atomic E-state index is 13.2. The van der Waals surface area contributed by atoms with E-state index in [4.69, 9.17) is 23.2 Å². The monoisotopic (exact) mass is 1000 g/mol. The highest BCUT2D eigenvalue weighted by Gasteiger charge is 2.33. The highest BCUT2D eigenvalue weighted by Crippen LogP contribution is 2.32. The maximum Gasteiger partial charge on any atom is 0.252 e. The normalized spacial score (nSPS) is 15.5. The molecule has 2 saturated heterocycles. The number of nitrogens with zero attached hydrogens (tertiary/aromatic N) is 5. The molecule has 2 amide bonds. The van der Waals surface area contributed by atoms with Crippen LogP contribution in [-0.2, 0) is 33.1 Å². The molecule has 0 radical (unpaired) electrons. The van der Waals surface area contributed by atoms with Crippen LogP contribution in [-0.4, -0.2) is 84.5 Å². The molecule has 4 aromatic carbocycles. The summed E-state index contributed by atoms with van der Waals surface area (Å²) in [7, 11) is -7.13. The molecule has 0 atom stereocenters. The molecule has 7 aromatic rings. The molecule has 344 valence electrons. The molecule has 0 aliphatic carbocycles. The first-order valence-corrected chi connectivity index (χ1v) is 26.5. The van der Waals surface area contributed by atoms with Gasteiger partial charge in [-0.1, -0.05) is 58.7 Å². The number of piperidine rings is 2. The minimum Gasteiger partial charge on any atom is -0.382 e. The number of hydrogen-bond donors (Lipinski definition) is 3. The van der Waals surface area contributed by atoms with Gasteiger partial charge in [-0.05, 0) is 123 Å². The lowest BCUT2D eigenvalue weighted by atomic mass is 10.1. The quantitative estimate of drug-likeness (QED) is 0.102. The van der Waals surface area contributed by atoms with E-state index in [2.05, 4.69) is 26.3 Å².